The van der Waals surface area contributed by atoms with Crippen molar-refractivity contribution in [3.8, 4) is 0 Å². The van der Waals surface area contributed by atoms with Gasteiger partial charge in [-0.3, -0.25) is 19.1 Å². The van der Waals surface area contributed by atoms with Crippen LogP contribution in [0, 0.1) is 24.2 Å². The fourth-order valence-electron chi connectivity index (χ4n) is 7.25. The molecule has 0 radical (unpaired) electrons. The molecular formula is C28H40N4O3. The molecule has 35 heavy (non-hydrogen) atoms. The summed E-state index contributed by atoms with van der Waals surface area (Å²) in [6.07, 6.45) is 15.0. The third kappa shape index (κ3) is 4.52. The zero-order valence-corrected chi connectivity index (χ0v) is 21.3. The van der Waals surface area contributed by atoms with E-state index in [2.05, 4.69) is 16.9 Å². The summed E-state index contributed by atoms with van der Waals surface area (Å²) in [6.45, 7) is 5.28. The lowest BCUT2D eigenvalue weighted by Crippen LogP contribution is -2.62. The Kier molecular flexibility index (Phi) is 6.73. The zero-order valence-electron chi connectivity index (χ0n) is 21.3. The summed E-state index contributed by atoms with van der Waals surface area (Å²) in [5.41, 5.74) is -0.953. The van der Waals surface area contributed by atoms with Crippen molar-refractivity contribution in [1.29, 1.82) is 0 Å². The maximum atomic E-state index is 13.5. The van der Waals surface area contributed by atoms with Gasteiger partial charge in [-0.05, 0) is 44.6 Å². The summed E-state index contributed by atoms with van der Waals surface area (Å²) in [7, 11) is 0. The van der Waals surface area contributed by atoms with E-state index >= 15 is 0 Å². The van der Waals surface area contributed by atoms with Crippen molar-refractivity contribution in [2.24, 2.45) is 17.3 Å². The maximum absolute atomic E-state index is 13.5. The highest BCUT2D eigenvalue weighted by atomic mass is 16.3. The van der Waals surface area contributed by atoms with E-state index in [4.69, 9.17) is 0 Å². The summed E-state index contributed by atoms with van der Waals surface area (Å²) < 4.78 is 1.64. The van der Waals surface area contributed by atoms with E-state index in [0.717, 1.165) is 32.1 Å². The van der Waals surface area contributed by atoms with Crippen LogP contribution in [0.15, 0.2) is 23.3 Å². The van der Waals surface area contributed by atoms with Crippen LogP contribution in [0.1, 0.15) is 83.4 Å². The SMILES string of the molecule is Cc1nc2cnccc2c(=O)n1CC1(O)CCN(C(=O)[C@H](C)CC2CCCCC2)CC12CCCC2. The Morgan fingerprint density at radius 3 is 2.66 bits per heavy atom. The third-order valence-corrected chi connectivity index (χ3v) is 9.35. The molecule has 2 aromatic heterocycles. The lowest BCUT2D eigenvalue weighted by Gasteiger charge is -2.53. The number of nitrogens with zero attached hydrogens (tertiary/aromatic N) is 4. The predicted octanol–water partition coefficient (Wildman–Crippen LogP) is 4.23. The Hall–Kier alpha value is -2.28. The standard InChI is InChI=1S/C28H40N4O3/c1-20(16-22-8-4-3-5-9-22)25(33)31-15-13-28(35,27(18-31)11-6-7-12-27)19-32-21(2)30-24-17-29-14-10-23(24)26(32)34/h10,14,17,20,22,35H,3-9,11-13,15-16,18-19H2,1-2H3/t20-,28?/m1/s1. The van der Waals surface area contributed by atoms with Crippen LogP contribution in [-0.4, -0.2) is 49.1 Å². The van der Waals surface area contributed by atoms with E-state index < -0.39 is 5.60 Å². The third-order valence-electron chi connectivity index (χ3n) is 9.35. The molecule has 7 nitrogen and oxygen atoms in total. The number of pyridine rings is 1. The monoisotopic (exact) mass is 480 g/mol. The number of hydrogen-bond donors (Lipinski definition) is 1. The van der Waals surface area contributed by atoms with Gasteiger partial charge in [0.1, 0.15) is 5.82 Å². The summed E-state index contributed by atoms with van der Waals surface area (Å²) in [6, 6.07) is 1.70. The molecule has 1 aliphatic heterocycles. The van der Waals surface area contributed by atoms with Crippen LogP contribution in [0.4, 0.5) is 0 Å². The number of aliphatic hydroxyl groups is 1. The van der Waals surface area contributed by atoms with E-state index in [1.54, 1.807) is 23.0 Å². The van der Waals surface area contributed by atoms with Crippen molar-refractivity contribution >= 4 is 16.8 Å². The van der Waals surface area contributed by atoms with Crippen LogP contribution in [-0.2, 0) is 11.3 Å². The lowest BCUT2D eigenvalue weighted by molar-refractivity contribution is -0.163. The number of likely N-dealkylation sites (tertiary alicyclic amines) is 1. The smallest absolute Gasteiger partial charge is 0.261 e. The number of fused-ring (bicyclic) bond motifs is 1. The maximum Gasteiger partial charge on any atom is 0.261 e. The van der Waals surface area contributed by atoms with Gasteiger partial charge in [0.15, 0.2) is 0 Å². The van der Waals surface area contributed by atoms with Crippen LogP contribution in [0.25, 0.3) is 10.9 Å². The Labute approximate surface area is 208 Å². The molecule has 2 saturated carbocycles. The molecule has 7 heteroatoms. The van der Waals surface area contributed by atoms with Gasteiger partial charge in [0.25, 0.3) is 5.56 Å². The highest BCUT2D eigenvalue weighted by Crippen LogP contribution is 2.52. The van der Waals surface area contributed by atoms with Gasteiger partial charge in [0.05, 0.1) is 29.2 Å². The van der Waals surface area contributed by atoms with Crippen LogP contribution in [0.2, 0.25) is 0 Å². The largest absolute Gasteiger partial charge is 0.387 e. The Morgan fingerprint density at radius 2 is 1.91 bits per heavy atom. The first kappa shape index (κ1) is 24.4. The molecule has 1 unspecified atom stereocenters. The van der Waals surface area contributed by atoms with E-state index in [1.165, 1.54) is 32.1 Å². The molecule has 2 aromatic rings. The van der Waals surface area contributed by atoms with Gasteiger partial charge in [0, 0.05) is 30.6 Å². The van der Waals surface area contributed by atoms with Gasteiger partial charge < -0.3 is 10.0 Å². The second-order valence-electron chi connectivity index (χ2n) is 11.6. The van der Waals surface area contributed by atoms with Crippen molar-refractivity contribution in [3.05, 3.63) is 34.6 Å². The number of aromatic nitrogens is 3. The van der Waals surface area contributed by atoms with Gasteiger partial charge in [-0.2, -0.15) is 0 Å². The number of aryl methyl sites for hydroxylation is 1. The van der Waals surface area contributed by atoms with Gasteiger partial charge in [0.2, 0.25) is 5.91 Å². The molecule has 1 spiro atoms. The highest BCUT2D eigenvalue weighted by Gasteiger charge is 2.56. The van der Waals surface area contributed by atoms with Crippen molar-refractivity contribution in [2.75, 3.05) is 13.1 Å². The van der Waals surface area contributed by atoms with Gasteiger partial charge in [-0.1, -0.05) is 51.9 Å². The minimum absolute atomic E-state index is 0.0332. The highest BCUT2D eigenvalue weighted by molar-refractivity contribution is 5.79. The number of amides is 1. The van der Waals surface area contributed by atoms with Crippen molar-refractivity contribution in [1.82, 2.24) is 19.4 Å². The fourth-order valence-corrected chi connectivity index (χ4v) is 7.25. The summed E-state index contributed by atoms with van der Waals surface area (Å²) >= 11 is 0. The molecule has 1 amide bonds. The van der Waals surface area contributed by atoms with Crippen molar-refractivity contribution in [3.63, 3.8) is 0 Å². The van der Waals surface area contributed by atoms with Gasteiger partial charge in [-0.15, -0.1) is 0 Å². The molecule has 0 bridgehead atoms. The van der Waals surface area contributed by atoms with E-state index in [9.17, 15) is 14.7 Å². The molecule has 2 atom stereocenters. The van der Waals surface area contributed by atoms with Gasteiger partial charge >= 0.3 is 0 Å². The lowest BCUT2D eigenvalue weighted by atomic mass is 9.65. The van der Waals surface area contributed by atoms with E-state index in [1.807, 2.05) is 11.8 Å². The molecule has 3 aliphatic rings. The number of carbonyl (C=O) groups is 1. The molecule has 3 heterocycles. The van der Waals surface area contributed by atoms with E-state index in [-0.39, 0.29) is 29.3 Å². The first-order valence-electron chi connectivity index (χ1n) is 13.6. The van der Waals surface area contributed by atoms with Crippen LogP contribution >= 0.6 is 0 Å². The Morgan fingerprint density at radius 1 is 1.17 bits per heavy atom. The van der Waals surface area contributed by atoms with Gasteiger partial charge in [-0.25, -0.2) is 4.98 Å². The first-order chi connectivity index (χ1) is 16.8. The topological polar surface area (TPSA) is 88.3 Å². The molecule has 1 N–H and O–H groups in total. The van der Waals surface area contributed by atoms with Crippen LogP contribution in [0.5, 0.6) is 0 Å². The minimum Gasteiger partial charge on any atom is -0.387 e. The molecule has 1 saturated heterocycles. The fraction of sp³-hybridized carbons (Fsp3) is 0.714. The number of carbonyl (C=O) groups excluding carboxylic acids is 1. The van der Waals surface area contributed by atoms with Crippen LogP contribution in [0.3, 0.4) is 0 Å². The summed E-state index contributed by atoms with van der Waals surface area (Å²) in [5.74, 6) is 1.55. The molecular weight excluding hydrogens is 440 g/mol. The summed E-state index contributed by atoms with van der Waals surface area (Å²) in [4.78, 5) is 37.6. The normalized spacial score (nSPS) is 25.9. The van der Waals surface area contributed by atoms with E-state index in [0.29, 0.717) is 42.2 Å². The second-order valence-corrected chi connectivity index (χ2v) is 11.6. The molecule has 0 aromatic carbocycles. The quantitative estimate of drug-likeness (QED) is 0.692. The molecule has 190 valence electrons. The summed E-state index contributed by atoms with van der Waals surface area (Å²) in [5, 5.41) is 12.7. The van der Waals surface area contributed by atoms with Crippen molar-refractivity contribution < 1.29 is 9.90 Å². The van der Waals surface area contributed by atoms with Crippen molar-refractivity contribution in [2.45, 2.75) is 96.6 Å². The molecule has 5 rings (SSSR count). The zero-order chi connectivity index (χ0) is 24.6. The average molecular weight is 481 g/mol. The Bertz CT molecular complexity index is 1130. The molecule has 2 aliphatic carbocycles. The second kappa shape index (κ2) is 9.64. The number of rotatable bonds is 5. The predicted molar refractivity (Wildman–Crippen MR) is 136 cm³/mol. The minimum atomic E-state index is -1.04. The average Bonchev–Trinajstić information content (AvgIpc) is 3.34. The molecule has 3 fully saturated rings. The number of piperidine rings is 1. The number of hydrogen-bond acceptors (Lipinski definition) is 5. The first-order valence-corrected chi connectivity index (χ1v) is 13.6. The Balaban J connectivity index is 1.37. The van der Waals surface area contributed by atoms with Crippen LogP contribution < -0.4 is 5.56 Å².